The van der Waals surface area contributed by atoms with Crippen molar-refractivity contribution >= 4 is 34.7 Å². The van der Waals surface area contributed by atoms with E-state index in [1.54, 1.807) is 43.5 Å². The zero-order chi connectivity index (χ0) is 49.1. The number of hydrogen-bond donors (Lipinski definition) is 5. The van der Waals surface area contributed by atoms with Gasteiger partial charge in [-0.15, -0.1) is 0 Å². The number of nitrogens with one attached hydrogen (secondary N) is 5. The highest BCUT2D eigenvalue weighted by molar-refractivity contribution is 5.96. The van der Waals surface area contributed by atoms with Crippen LogP contribution in [0.25, 0.3) is 33.3 Å². The predicted molar refractivity (Wildman–Crippen MR) is 263 cm³/mol. The smallest absolute Gasteiger partial charge is 0.249 e. The van der Waals surface area contributed by atoms with Crippen LogP contribution in [0, 0.1) is 11.2 Å². The van der Waals surface area contributed by atoms with Gasteiger partial charge in [-0.2, -0.15) is 5.10 Å². The van der Waals surface area contributed by atoms with E-state index in [1.165, 1.54) is 16.8 Å². The fraction of sp³-hybridized carbons (Fsp3) is 0.423. The number of fused-ring (bicyclic) bond motifs is 1. The van der Waals surface area contributed by atoms with Crippen LogP contribution in [0.5, 0.6) is 0 Å². The summed E-state index contributed by atoms with van der Waals surface area (Å²) in [5, 5.41) is 17.8. The van der Waals surface area contributed by atoms with E-state index in [0.717, 1.165) is 44.4 Å². The van der Waals surface area contributed by atoms with Crippen LogP contribution in [0.4, 0.5) is 4.39 Å². The molecule has 0 bridgehead atoms. The standard InChI is InChI=1S/C52H65FN10O6/c1-7-44(36-13-9-8-10-14-36)59-50(66)45-26-41(33-62(45)51(67)47(52(3,4)5)60-49(65)34(2)54-6)55-18-21-69-23-22-68-20-17-46(64)63-32-39(28-58-63)38-25-42-43(29-57-48(42)56-27-38)37-16-19-61(31-37)30-35-12-11-15-40(53)24-35/h8-16,19,24-25,27-29,31-32,34,41,44-45,47,54-55H,7,17-18,20-23,26,30,33H2,1-6H3,(H,56,57)(H,59,66)(H,60,65)/t34-,41-,44+,45-,47+/m0/s1. The molecule has 0 radical (unpaired) electrons. The van der Waals surface area contributed by atoms with Crippen LogP contribution in [0.2, 0.25) is 0 Å². The van der Waals surface area contributed by atoms with Crippen molar-refractivity contribution in [2.24, 2.45) is 5.41 Å². The predicted octanol–water partition coefficient (Wildman–Crippen LogP) is 6.11. The van der Waals surface area contributed by atoms with Gasteiger partial charge >= 0.3 is 0 Å². The highest BCUT2D eigenvalue weighted by atomic mass is 19.1. The highest BCUT2D eigenvalue weighted by Gasteiger charge is 2.45. The number of rotatable bonds is 22. The molecule has 1 fully saturated rings. The molecule has 7 rings (SSSR count). The highest BCUT2D eigenvalue weighted by Crippen LogP contribution is 2.32. The summed E-state index contributed by atoms with van der Waals surface area (Å²) >= 11 is 0. The third kappa shape index (κ3) is 13.0. The summed E-state index contributed by atoms with van der Waals surface area (Å²) in [4.78, 5) is 63.9. The number of aromatic amines is 1. The first-order valence-corrected chi connectivity index (χ1v) is 23.7. The van der Waals surface area contributed by atoms with Gasteiger partial charge in [-0.3, -0.25) is 19.2 Å². The maximum Gasteiger partial charge on any atom is 0.249 e. The van der Waals surface area contributed by atoms with Crippen molar-refractivity contribution in [2.75, 3.05) is 46.6 Å². The van der Waals surface area contributed by atoms with Gasteiger partial charge in [0.2, 0.25) is 23.6 Å². The van der Waals surface area contributed by atoms with Crippen LogP contribution in [-0.4, -0.2) is 124 Å². The lowest BCUT2D eigenvalue weighted by atomic mass is 9.85. The Kier molecular flexibility index (Phi) is 16.9. The number of ether oxygens (including phenoxy) is 2. The number of benzene rings is 2. The molecule has 0 saturated carbocycles. The minimum absolute atomic E-state index is 0.124. The number of aromatic nitrogens is 5. The van der Waals surface area contributed by atoms with Crippen molar-refractivity contribution in [3.05, 3.63) is 121 Å². The van der Waals surface area contributed by atoms with Gasteiger partial charge in [0.25, 0.3) is 0 Å². The molecule has 1 aliphatic rings. The van der Waals surface area contributed by atoms with Crippen molar-refractivity contribution in [1.29, 1.82) is 0 Å². The van der Waals surface area contributed by atoms with E-state index in [9.17, 15) is 23.6 Å². The van der Waals surface area contributed by atoms with Crippen molar-refractivity contribution in [3.63, 3.8) is 0 Å². The van der Waals surface area contributed by atoms with Crippen molar-refractivity contribution < 1.29 is 33.0 Å². The number of amides is 3. The minimum Gasteiger partial charge on any atom is -0.379 e. The molecule has 4 aromatic heterocycles. The molecule has 0 aliphatic carbocycles. The Morgan fingerprint density at radius 1 is 0.913 bits per heavy atom. The molecule has 17 heteroatoms. The number of hydrogen-bond acceptors (Lipinski definition) is 10. The third-order valence-electron chi connectivity index (χ3n) is 12.6. The van der Waals surface area contributed by atoms with E-state index in [1.807, 2.05) is 99.4 Å². The second-order valence-corrected chi connectivity index (χ2v) is 18.7. The van der Waals surface area contributed by atoms with Gasteiger partial charge in [-0.25, -0.2) is 14.1 Å². The number of carbonyl (C=O) groups excluding carboxylic acids is 4. The Hall–Kier alpha value is -6.53. The lowest BCUT2D eigenvalue weighted by molar-refractivity contribution is -0.144. The Morgan fingerprint density at radius 3 is 2.43 bits per heavy atom. The van der Waals surface area contributed by atoms with Gasteiger partial charge in [0.15, 0.2) is 0 Å². The molecule has 5 heterocycles. The number of likely N-dealkylation sites (tertiary alicyclic amines) is 1. The quantitative estimate of drug-likeness (QED) is 0.0497. The first-order valence-electron chi connectivity index (χ1n) is 23.7. The Labute approximate surface area is 402 Å². The van der Waals surface area contributed by atoms with E-state index in [-0.39, 0.29) is 67.7 Å². The molecule has 69 heavy (non-hydrogen) atoms. The van der Waals surface area contributed by atoms with E-state index in [0.29, 0.717) is 39.1 Å². The second-order valence-electron chi connectivity index (χ2n) is 18.7. The summed E-state index contributed by atoms with van der Waals surface area (Å²) in [6.45, 7) is 11.9. The average Bonchev–Trinajstić information content (AvgIpc) is 4.18. The molecule has 0 unspecified atom stereocenters. The lowest BCUT2D eigenvalue weighted by Gasteiger charge is -2.36. The van der Waals surface area contributed by atoms with Crippen LogP contribution < -0.4 is 21.3 Å². The number of carbonyl (C=O) groups is 4. The van der Waals surface area contributed by atoms with Crippen molar-refractivity contribution in [3.8, 4) is 22.3 Å². The molecule has 5 atom stereocenters. The number of nitrogens with zero attached hydrogens (tertiary/aromatic N) is 5. The molecule has 1 saturated heterocycles. The van der Waals surface area contributed by atoms with Crippen LogP contribution in [0.15, 0.2) is 104 Å². The second kappa shape index (κ2) is 23.2. The average molecular weight is 945 g/mol. The Bertz CT molecular complexity index is 2670. The monoisotopic (exact) mass is 945 g/mol. The van der Waals surface area contributed by atoms with Crippen LogP contribution in [0.1, 0.15) is 75.8 Å². The maximum absolute atomic E-state index is 14.3. The number of pyridine rings is 1. The molecule has 1 aliphatic heterocycles. The lowest BCUT2D eigenvalue weighted by Crippen LogP contribution is -2.59. The molecule has 6 aromatic rings. The molecule has 3 amide bonds. The van der Waals surface area contributed by atoms with Crippen molar-refractivity contribution in [2.45, 2.75) is 90.6 Å². The summed E-state index contributed by atoms with van der Waals surface area (Å²) in [5.41, 5.74) is 5.49. The fourth-order valence-corrected chi connectivity index (χ4v) is 8.55. The van der Waals surface area contributed by atoms with E-state index in [4.69, 9.17) is 9.47 Å². The van der Waals surface area contributed by atoms with Gasteiger partial charge in [0.05, 0.1) is 51.1 Å². The van der Waals surface area contributed by atoms with Gasteiger partial charge in [0.1, 0.15) is 23.5 Å². The van der Waals surface area contributed by atoms with E-state index >= 15 is 0 Å². The van der Waals surface area contributed by atoms with Crippen molar-refractivity contribution in [1.82, 2.24) is 50.5 Å². The summed E-state index contributed by atoms with van der Waals surface area (Å²) in [7, 11) is 1.69. The number of H-pyrrole nitrogens is 1. The topological polar surface area (TPSA) is 190 Å². The number of likely N-dealkylation sites (N-methyl/N-ethyl adjacent to an activating group) is 1. The van der Waals surface area contributed by atoms with Crippen LogP contribution >= 0.6 is 0 Å². The summed E-state index contributed by atoms with van der Waals surface area (Å²) < 4.78 is 28.6. The maximum atomic E-state index is 14.3. The Morgan fingerprint density at radius 2 is 1.70 bits per heavy atom. The van der Waals surface area contributed by atoms with Crippen LogP contribution in [0.3, 0.4) is 0 Å². The van der Waals surface area contributed by atoms with Crippen LogP contribution in [-0.2, 0) is 30.4 Å². The van der Waals surface area contributed by atoms with Gasteiger partial charge in [-0.05, 0) is 67.6 Å². The van der Waals surface area contributed by atoms with Gasteiger partial charge < -0.3 is 45.2 Å². The largest absolute Gasteiger partial charge is 0.379 e. The Balaban J connectivity index is 0.859. The zero-order valence-corrected chi connectivity index (χ0v) is 40.3. The molecule has 366 valence electrons. The van der Waals surface area contributed by atoms with E-state index in [2.05, 4.69) is 36.3 Å². The molecule has 5 N–H and O–H groups in total. The van der Waals surface area contributed by atoms with Gasteiger partial charge in [-0.1, -0.05) is 70.2 Å². The SMILES string of the molecule is CC[C@@H](NC(=O)[C@@H]1C[C@H](NCCOCCOCCC(=O)n2cc(-c3cnc4[nH]cc(-c5ccn(Cc6cccc(F)c6)c5)c4c3)cn2)CN1C(=O)[C@@H](NC(=O)[C@H](C)NC)C(C)(C)C)c1ccccc1. The first-order chi connectivity index (χ1) is 33.2. The fourth-order valence-electron chi connectivity index (χ4n) is 8.55. The molecule has 0 spiro atoms. The molecular formula is C52H65FN10O6. The zero-order valence-electron chi connectivity index (χ0n) is 40.3. The summed E-state index contributed by atoms with van der Waals surface area (Å²) in [6, 6.07) is 17.9. The normalized spacial score (nSPS) is 16.4. The first kappa shape index (κ1) is 50.3. The minimum atomic E-state index is -0.854. The van der Waals surface area contributed by atoms with E-state index < -0.39 is 23.5 Å². The number of halogens is 1. The summed E-state index contributed by atoms with van der Waals surface area (Å²) in [5.74, 6) is -1.32. The molecular weight excluding hydrogens is 880 g/mol. The molecule has 16 nitrogen and oxygen atoms in total. The molecule has 2 aromatic carbocycles. The van der Waals surface area contributed by atoms with Gasteiger partial charge in [0, 0.05) is 84.3 Å². The third-order valence-corrected chi connectivity index (χ3v) is 12.6. The summed E-state index contributed by atoms with van der Waals surface area (Å²) in [6.07, 6.45) is 12.2.